The number of carbonyl (C=O) groups is 2. The molecule has 0 spiro atoms. The topological polar surface area (TPSA) is 116 Å². The molecule has 0 aliphatic carbocycles. The van der Waals surface area contributed by atoms with Crippen LogP contribution in [0.15, 0.2) is 85.2 Å². The van der Waals surface area contributed by atoms with Crippen molar-refractivity contribution in [3.63, 3.8) is 0 Å². The maximum atomic E-state index is 14.8. The number of aliphatic hydroxyl groups is 1. The molecule has 3 N–H and O–H groups in total. The van der Waals surface area contributed by atoms with Gasteiger partial charge in [0, 0.05) is 62.8 Å². The van der Waals surface area contributed by atoms with Gasteiger partial charge in [0.1, 0.15) is 5.69 Å². The van der Waals surface area contributed by atoms with E-state index in [9.17, 15) is 14.7 Å². The van der Waals surface area contributed by atoms with Crippen LogP contribution in [0.25, 0.3) is 33.4 Å². The molecule has 0 radical (unpaired) electrons. The number of cyclic esters (lactones) is 1. The van der Waals surface area contributed by atoms with E-state index in [2.05, 4.69) is 19.8 Å². The third-order valence-corrected chi connectivity index (χ3v) is 11.5. The number of amides is 2. The number of anilines is 2. The molecule has 54 heavy (non-hydrogen) atoms. The van der Waals surface area contributed by atoms with E-state index in [4.69, 9.17) is 44.5 Å². The Morgan fingerprint density at radius 2 is 1.76 bits per heavy atom. The van der Waals surface area contributed by atoms with Crippen LogP contribution in [0.3, 0.4) is 0 Å². The van der Waals surface area contributed by atoms with Crippen LogP contribution in [0.4, 0.5) is 16.2 Å². The first-order chi connectivity index (χ1) is 26.3. The van der Waals surface area contributed by atoms with Crippen molar-refractivity contribution in [2.45, 2.75) is 38.0 Å². The minimum absolute atomic E-state index is 0.0968. The number of hydrogen-bond acceptors (Lipinski definition) is 6. The van der Waals surface area contributed by atoms with Crippen LogP contribution in [0.2, 0.25) is 15.1 Å². The lowest BCUT2D eigenvalue weighted by atomic mass is 9.87. The molecule has 3 aliphatic rings. The number of nitrogens with one attached hydrogen (secondary N) is 2. The number of rotatable bonds is 7. The van der Waals surface area contributed by atoms with E-state index in [1.165, 1.54) is 0 Å². The van der Waals surface area contributed by atoms with Crippen molar-refractivity contribution in [3.05, 3.63) is 123 Å². The number of hydrogen-bond donors (Lipinski definition) is 3. The number of aliphatic hydroxyl groups excluding tert-OH is 1. The van der Waals surface area contributed by atoms with Gasteiger partial charge in [-0.1, -0.05) is 77.3 Å². The molecule has 2 saturated heterocycles. The van der Waals surface area contributed by atoms with Gasteiger partial charge in [-0.15, -0.1) is 0 Å². The molecule has 4 aromatic carbocycles. The van der Waals surface area contributed by atoms with E-state index in [1.807, 2.05) is 77.7 Å². The molecule has 3 aliphatic heterocycles. The molecule has 0 bridgehead atoms. The Bertz CT molecular complexity index is 2440. The molecule has 2 amide bonds. The summed E-state index contributed by atoms with van der Waals surface area (Å²) in [5.41, 5.74) is 7.84. The van der Waals surface area contributed by atoms with Crippen molar-refractivity contribution in [2.75, 3.05) is 36.5 Å². The molecule has 13 heteroatoms. The van der Waals surface area contributed by atoms with E-state index in [1.54, 1.807) is 12.4 Å². The third-order valence-electron chi connectivity index (χ3n) is 10.8. The minimum Gasteiger partial charge on any atom is -0.449 e. The lowest BCUT2D eigenvalue weighted by Crippen LogP contribution is -2.50. The van der Waals surface area contributed by atoms with Crippen LogP contribution in [0.5, 0.6) is 0 Å². The Hall–Kier alpha value is -5.00. The monoisotopic (exact) mass is 780 g/mol. The molecule has 0 unspecified atom stereocenters. The second-order valence-corrected chi connectivity index (χ2v) is 15.2. The molecule has 5 heterocycles. The summed E-state index contributed by atoms with van der Waals surface area (Å²) < 4.78 is 7.36. The number of halogens is 3. The molecule has 10 nitrogen and oxygen atoms in total. The fourth-order valence-corrected chi connectivity index (χ4v) is 9.05. The number of benzene rings is 4. The molecular formula is C41H35Cl3N6O4. The van der Waals surface area contributed by atoms with Crippen LogP contribution in [-0.2, 0) is 11.3 Å². The first-order valence-electron chi connectivity index (χ1n) is 17.9. The predicted octanol–water partition coefficient (Wildman–Crippen LogP) is 9.17. The number of fused-ring (bicyclic) bond motifs is 2. The fourth-order valence-electron chi connectivity index (χ4n) is 8.31. The average Bonchev–Trinajstić information content (AvgIpc) is 3.79. The molecule has 2 aromatic heterocycles. The standard InChI is InChI=1S/C41H35Cl3N6O4/c42-25-8-9-28(30(44)19-25)38-29-18-26(43)20-32-34(29)35(39-36(45-22-50(38)39)24-5-2-1-3-6-24)37(46-32)40(52)47-31-17-23(21-51)7-10-33(31)48-14-11-27(12-15-48)49-13-4-16-54-41(49)53/h1-3,5-10,17-20,22,27,38,46,51H,4,11-16,21H2,(H,47,52)/t38-/m1/s1. The van der Waals surface area contributed by atoms with Crippen LogP contribution in [-0.4, -0.2) is 68.8 Å². The summed E-state index contributed by atoms with van der Waals surface area (Å²) in [6, 6.07) is 24.4. The maximum Gasteiger partial charge on any atom is 0.410 e. The van der Waals surface area contributed by atoms with E-state index in [0.29, 0.717) is 75.0 Å². The molecular weight excluding hydrogens is 747 g/mol. The number of aromatic amines is 1. The Balaban J connectivity index is 1.14. The fraction of sp³-hybridized carbons (Fsp3) is 0.244. The van der Waals surface area contributed by atoms with E-state index in [0.717, 1.165) is 52.7 Å². The van der Waals surface area contributed by atoms with Gasteiger partial charge < -0.3 is 34.5 Å². The molecule has 2 fully saturated rings. The summed E-state index contributed by atoms with van der Waals surface area (Å²) in [6.07, 6.45) is 3.91. The maximum absolute atomic E-state index is 14.8. The normalized spacial score (nSPS) is 17.1. The van der Waals surface area contributed by atoms with E-state index in [-0.39, 0.29) is 24.6 Å². The van der Waals surface area contributed by atoms with Gasteiger partial charge in [0.2, 0.25) is 0 Å². The SMILES string of the molecule is O=C(Nc1cc(CO)ccc1N1CCC(N2CCCOC2=O)CC1)c1[nH]c2cc(Cl)cc3c2c1-c1c(-c2ccccc2)ncn1[C@@H]3c1ccc(Cl)cc1Cl. The van der Waals surface area contributed by atoms with Gasteiger partial charge in [-0.05, 0) is 72.4 Å². The molecule has 9 rings (SSSR count). The summed E-state index contributed by atoms with van der Waals surface area (Å²) in [7, 11) is 0. The van der Waals surface area contributed by atoms with Crippen LogP contribution in [0, 0.1) is 0 Å². The van der Waals surface area contributed by atoms with Gasteiger partial charge in [0.15, 0.2) is 0 Å². The van der Waals surface area contributed by atoms with Crippen molar-refractivity contribution in [2.24, 2.45) is 0 Å². The van der Waals surface area contributed by atoms with Gasteiger partial charge >= 0.3 is 6.09 Å². The van der Waals surface area contributed by atoms with E-state index < -0.39 is 6.04 Å². The number of aromatic nitrogens is 3. The second kappa shape index (κ2) is 14.0. The summed E-state index contributed by atoms with van der Waals surface area (Å²) >= 11 is 20.0. The van der Waals surface area contributed by atoms with Crippen molar-refractivity contribution < 1.29 is 19.4 Å². The molecule has 6 aromatic rings. The second-order valence-electron chi connectivity index (χ2n) is 13.9. The third kappa shape index (κ3) is 5.98. The van der Waals surface area contributed by atoms with Crippen molar-refractivity contribution in [3.8, 4) is 22.5 Å². The highest BCUT2D eigenvalue weighted by Gasteiger charge is 2.37. The van der Waals surface area contributed by atoms with Crippen LogP contribution < -0.4 is 10.2 Å². The van der Waals surface area contributed by atoms with Gasteiger partial charge in [-0.25, -0.2) is 9.78 Å². The quantitative estimate of drug-likeness (QED) is 0.149. The Morgan fingerprint density at radius 1 is 0.944 bits per heavy atom. The number of nitrogens with zero attached hydrogens (tertiary/aromatic N) is 4. The zero-order valence-electron chi connectivity index (χ0n) is 29.0. The average molecular weight is 782 g/mol. The molecule has 0 saturated carbocycles. The van der Waals surface area contributed by atoms with Crippen molar-refractivity contribution in [1.82, 2.24) is 19.4 Å². The Kier molecular flexibility index (Phi) is 9.01. The van der Waals surface area contributed by atoms with Gasteiger partial charge in [0.25, 0.3) is 5.91 Å². The number of imidazole rings is 1. The highest BCUT2D eigenvalue weighted by atomic mass is 35.5. The summed E-state index contributed by atoms with van der Waals surface area (Å²) in [5, 5.41) is 15.7. The van der Waals surface area contributed by atoms with Gasteiger partial charge in [-0.3, -0.25) is 4.79 Å². The first-order valence-corrected chi connectivity index (χ1v) is 19.1. The number of H-pyrrole nitrogens is 1. The Morgan fingerprint density at radius 3 is 2.52 bits per heavy atom. The van der Waals surface area contributed by atoms with Gasteiger partial charge in [-0.2, -0.15) is 0 Å². The summed E-state index contributed by atoms with van der Waals surface area (Å²) in [4.78, 5) is 39.7. The molecule has 274 valence electrons. The smallest absolute Gasteiger partial charge is 0.410 e. The highest BCUT2D eigenvalue weighted by molar-refractivity contribution is 6.35. The van der Waals surface area contributed by atoms with Gasteiger partial charge in [0.05, 0.1) is 48.3 Å². The number of ether oxygens (including phenoxy) is 1. The summed E-state index contributed by atoms with van der Waals surface area (Å²) in [6.45, 7) is 2.35. The minimum atomic E-state index is -0.419. The van der Waals surface area contributed by atoms with E-state index >= 15 is 0 Å². The Labute approximate surface area is 326 Å². The molecule has 1 atom stereocenters. The van der Waals surface area contributed by atoms with Crippen molar-refractivity contribution >= 4 is 69.1 Å². The number of piperidine rings is 1. The highest BCUT2D eigenvalue weighted by Crippen LogP contribution is 2.51. The summed E-state index contributed by atoms with van der Waals surface area (Å²) in [5.74, 6) is -0.361. The first kappa shape index (κ1) is 34.7. The lowest BCUT2D eigenvalue weighted by molar-refractivity contribution is 0.0499. The zero-order chi connectivity index (χ0) is 37.1. The lowest BCUT2D eigenvalue weighted by Gasteiger charge is -2.40. The van der Waals surface area contributed by atoms with Crippen molar-refractivity contribution in [1.29, 1.82) is 0 Å². The van der Waals surface area contributed by atoms with Crippen LogP contribution in [0.1, 0.15) is 52.5 Å². The predicted molar refractivity (Wildman–Crippen MR) is 212 cm³/mol. The van der Waals surface area contributed by atoms with Crippen LogP contribution >= 0.6 is 34.8 Å². The zero-order valence-corrected chi connectivity index (χ0v) is 31.3. The number of carbonyl (C=O) groups excluding carboxylic acids is 2. The largest absolute Gasteiger partial charge is 0.449 e.